The van der Waals surface area contributed by atoms with Crippen molar-refractivity contribution in [1.82, 2.24) is 10.2 Å². The van der Waals surface area contributed by atoms with Gasteiger partial charge >= 0.3 is 0 Å². The number of hydrogen-bond donors (Lipinski definition) is 1. The molecule has 2 aliphatic rings. The van der Waals surface area contributed by atoms with Crippen LogP contribution >= 0.6 is 0 Å². The Morgan fingerprint density at radius 1 is 1.23 bits per heavy atom. The van der Waals surface area contributed by atoms with Gasteiger partial charge < -0.3 is 15.0 Å². The molecule has 0 aromatic heterocycles. The van der Waals surface area contributed by atoms with Gasteiger partial charge in [0.1, 0.15) is 5.75 Å². The molecule has 1 aromatic carbocycles. The van der Waals surface area contributed by atoms with E-state index in [0.717, 1.165) is 31.4 Å². The Hall–Kier alpha value is -2.04. The van der Waals surface area contributed by atoms with Gasteiger partial charge in [-0.2, -0.15) is 0 Å². The van der Waals surface area contributed by atoms with Gasteiger partial charge in [0.05, 0.1) is 13.0 Å². The average molecular weight is 358 g/mol. The third-order valence-corrected chi connectivity index (χ3v) is 5.69. The molecule has 0 spiro atoms. The van der Waals surface area contributed by atoms with Gasteiger partial charge in [0.25, 0.3) is 0 Å². The molecule has 3 rings (SSSR count). The van der Waals surface area contributed by atoms with Gasteiger partial charge in [-0.3, -0.25) is 9.59 Å². The highest BCUT2D eigenvalue weighted by Gasteiger charge is 2.34. The predicted molar refractivity (Wildman–Crippen MR) is 101 cm³/mol. The Balaban J connectivity index is 1.43. The average Bonchev–Trinajstić information content (AvgIpc) is 3.20. The number of methoxy groups -OCH3 is 1. The lowest BCUT2D eigenvalue weighted by molar-refractivity contribution is -0.140. The van der Waals surface area contributed by atoms with E-state index in [1.165, 1.54) is 18.4 Å². The normalized spacial score (nSPS) is 21.0. The van der Waals surface area contributed by atoms with Crippen LogP contribution in [-0.4, -0.2) is 43.0 Å². The van der Waals surface area contributed by atoms with Crippen LogP contribution in [0, 0.1) is 5.92 Å². The van der Waals surface area contributed by atoms with Gasteiger partial charge in [0, 0.05) is 25.6 Å². The Kier molecular flexibility index (Phi) is 6.53. The number of carbonyl (C=O) groups is 2. The first-order chi connectivity index (χ1) is 12.7. The summed E-state index contributed by atoms with van der Waals surface area (Å²) in [5, 5.41) is 3.07. The van der Waals surface area contributed by atoms with E-state index >= 15 is 0 Å². The number of hydrogen-bond acceptors (Lipinski definition) is 3. The van der Waals surface area contributed by atoms with E-state index in [4.69, 9.17) is 4.74 Å². The molecule has 5 heteroatoms. The van der Waals surface area contributed by atoms with Crippen LogP contribution in [0.25, 0.3) is 0 Å². The number of amides is 2. The van der Waals surface area contributed by atoms with Crippen LogP contribution in [-0.2, 0) is 16.0 Å². The van der Waals surface area contributed by atoms with E-state index in [9.17, 15) is 9.59 Å². The van der Waals surface area contributed by atoms with E-state index in [1.807, 2.05) is 23.1 Å². The topological polar surface area (TPSA) is 58.6 Å². The molecule has 26 heavy (non-hydrogen) atoms. The Labute approximate surface area is 156 Å². The molecule has 2 amide bonds. The molecule has 1 heterocycles. The zero-order valence-electron chi connectivity index (χ0n) is 15.7. The molecule has 0 bridgehead atoms. The molecule has 5 nitrogen and oxygen atoms in total. The molecule has 1 saturated carbocycles. The third-order valence-electron chi connectivity index (χ3n) is 5.69. The molecule has 1 saturated heterocycles. The van der Waals surface area contributed by atoms with Crippen molar-refractivity contribution in [3.63, 3.8) is 0 Å². The maximum absolute atomic E-state index is 12.5. The van der Waals surface area contributed by atoms with E-state index in [0.29, 0.717) is 32.0 Å². The largest absolute Gasteiger partial charge is 0.496 e. The van der Waals surface area contributed by atoms with Crippen molar-refractivity contribution >= 4 is 11.8 Å². The van der Waals surface area contributed by atoms with Crippen LogP contribution in [0.4, 0.5) is 0 Å². The number of aryl methyl sites for hydroxylation is 1. The molecule has 1 atom stereocenters. The van der Waals surface area contributed by atoms with Crippen LogP contribution < -0.4 is 10.1 Å². The zero-order chi connectivity index (χ0) is 18.4. The second-order valence-corrected chi connectivity index (χ2v) is 7.43. The molecule has 1 aliphatic heterocycles. The number of carbonyl (C=O) groups excluding carboxylic acids is 2. The third kappa shape index (κ3) is 4.57. The number of ether oxygens (including phenoxy) is 1. The first-order valence-electron chi connectivity index (χ1n) is 9.88. The van der Waals surface area contributed by atoms with Crippen LogP contribution in [0.2, 0.25) is 0 Å². The van der Waals surface area contributed by atoms with E-state index in [1.54, 1.807) is 7.11 Å². The molecule has 142 valence electrons. The monoisotopic (exact) mass is 358 g/mol. The molecule has 1 aliphatic carbocycles. The van der Waals surface area contributed by atoms with Crippen molar-refractivity contribution in [3.8, 4) is 5.75 Å². The number of nitrogens with zero attached hydrogens (tertiary/aromatic N) is 1. The Bertz CT molecular complexity index is 625. The zero-order valence-corrected chi connectivity index (χ0v) is 15.7. The second kappa shape index (κ2) is 9.06. The standard InChI is InChI=1S/C21H30N2O3/c1-26-19-11-5-2-7-16(19)8-6-14-22-21(25)17-12-13-20(24)23(15-17)18-9-3-4-10-18/h2,5,7,11,17-18H,3-4,6,8-10,12-15H2,1H3,(H,22,25)/t17-/m0/s1. The summed E-state index contributed by atoms with van der Waals surface area (Å²) in [6.45, 7) is 1.26. The van der Waals surface area contributed by atoms with Gasteiger partial charge in [-0.15, -0.1) is 0 Å². The van der Waals surface area contributed by atoms with E-state index in [2.05, 4.69) is 11.4 Å². The fraction of sp³-hybridized carbons (Fsp3) is 0.619. The summed E-state index contributed by atoms with van der Waals surface area (Å²) in [6.07, 6.45) is 7.54. The number of rotatable bonds is 7. The molecule has 0 unspecified atom stereocenters. The lowest BCUT2D eigenvalue weighted by atomic mass is 9.95. The fourth-order valence-corrected chi connectivity index (χ4v) is 4.20. The maximum atomic E-state index is 12.5. The van der Waals surface area contributed by atoms with Crippen LogP contribution in [0.15, 0.2) is 24.3 Å². The summed E-state index contributed by atoms with van der Waals surface area (Å²) >= 11 is 0. The first kappa shape index (κ1) is 18.7. The number of para-hydroxylation sites is 1. The minimum Gasteiger partial charge on any atom is -0.496 e. The molecular formula is C21H30N2O3. The molecule has 1 N–H and O–H groups in total. The van der Waals surface area contributed by atoms with Crippen molar-refractivity contribution in [2.45, 2.75) is 57.4 Å². The summed E-state index contributed by atoms with van der Waals surface area (Å²) in [4.78, 5) is 26.7. The minimum absolute atomic E-state index is 0.0560. The number of likely N-dealkylation sites (tertiary alicyclic amines) is 1. The smallest absolute Gasteiger partial charge is 0.224 e. The predicted octanol–water partition coefficient (Wildman–Crippen LogP) is 2.93. The lowest BCUT2D eigenvalue weighted by Crippen LogP contribution is -2.49. The van der Waals surface area contributed by atoms with E-state index < -0.39 is 0 Å². The summed E-state index contributed by atoms with van der Waals surface area (Å²) in [6, 6.07) is 8.36. The van der Waals surface area contributed by atoms with Gasteiger partial charge in [0.15, 0.2) is 0 Å². The molecule has 0 radical (unpaired) electrons. The highest BCUT2D eigenvalue weighted by molar-refractivity contribution is 5.84. The highest BCUT2D eigenvalue weighted by Crippen LogP contribution is 2.28. The lowest BCUT2D eigenvalue weighted by Gasteiger charge is -2.36. The van der Waals surface area contributed by atoms with Gasteiger partial charge in [-0.25, -0.2) is 0 Å². The van der Waals surface area contributed by atoms with Crippen molar-refractivity contribution in [2.75, 3.05) is 20.2 Å². The summed E-state index contributed by atoms with van der Waals surface area (Å²) in [5.41, 5.74) is 1.17. The first-order valence-corrected chi connectivity index (χ1v) is 9.88. The van der Waals surface area contributed by atoms with Crippen LogP contribution in [0.3, 0.4) is 0 Å². The molecule has 2 fully saturated rings. The maximum Gasteiger partial charge on any atom is 0.224 e. The van der Waals surface area contributed by atoms with Gasteiger partial charge in [-0.05, 0) is 43.7 Å². The quantitative estimate of drug-likeness (QED) is 0.763. The summed E-state index contributed by atoms with van der Waals surface area (Å²) in [5.74, 6) is 1.18. The van der Waals surface area contributed by atoms with Crippen LogP contribution in [0.5, 0.6) is 5.75 Å². The van der Waals surface area contributed by atoms with Gasteiger partial charge in [0.2, 0.25) is 11.8 Å². The van der Waals surface area contributed by atoms with Crippen molar-refractivity contribution in [1.29, 1.82) is 0 Å². The van der Waals surface area contributed by atoms with Crippen molar-refractivity contribution in [2.24, 2.45) is 5.92 Å². The summed E-state index contributed by atoms with van der Waals surface area (Å²) < 4.78 is 5.36. The molecular weight excluding hydrogens is 328 g/mol. The second-order valence-electron chi connectivity index (χ2n) is 7.43. The Morgan fingerprint density at radius 3 is 2.77 bits per heavy atom. The molecule has 1 aromatic rings. The SMILES string of the molecule is COc1ccccc1CCCNC(=O)[C@H]1CCC(=O)N(C2CCCC2)C1. The summed E-state index contributed by atoms with van der Waals surface area (Å²) in [7, 11) is 1.68. The van der Waals surface area contributed by atoms with Crippen molar-refractivity contribution in [3.05, 3.63) is 29.8 Å². The van der Waals surface area contributed by atoms with Crippen LogP contribution in [0.1, 0.15) is 50.5 Å². The number of benzene rings is 1. The highest BCUT2D eigenvalue weighted by atomic mass is 16.5. The number of nitrogens with one attached hydrogen (secondary N) is 1. The fourth-order valence-electron chi connectivity index (χ4n) is 4.20. The van der Waals surface area contributed by atoms with E-state index in [-0.39, 0.29) is 17.7 Å². The van der Waals surface area contributed by atoms with Gasteiger partial charge in [-0.1, -0.05) is 31.0 Å². The minimum atomic E-state index is -0.0560. The van der Waals surface area contributed by atoms with Crippen molar-refractivity contribution < 1.29 is 14.3 Å². The number of piperidine rings is 1. The Morgan fingerprint density at radius 2 is 2.00 bits per heavy atom.